The van der Waals surface area contributed by atoms with E-state index >= 15 is 0 Å². The number of hydrogen-bond donors (Lipinski definition) is 0. The van der Waals surface area contributed by atoms with Crippen molar-refractivity contribution in [1.82, 2.24) is 0 Å². The second-order valence-corrected chi connectivity index (χ2v) is 12.5. The third-order valence-electron chi connectivity index (χ3n) is 9.89. The molecule has 1 aliphatic carbocycles. The highest BCUT2D eigenvalue weighted by Gasteiger charge is 2.48. The highest BCUT2D eigenvalue weighted by atomic mass is 15.1. The van der Waals surface area contributed by atoms with Gasteiger partial charge in [0.25, 0.3) is 0 Å². The summed E-state index contributed by atoms with van der Waals surface area (Å²) in [6, 6.07) is 73.0. The zero-order valence-corrected chi connectivity index (χ0v) is 26.5. The van der Waals surface area contributed by atoms with Crippen LogP contribution in [0.2, 0.25) is 0 Å². The number of hydrogen-bond acceptors (Lipinski definition) is 1. The van der Waals surface area contributed by atoms with Crippen molar-refractivity contribution in [3.05, 3.63) is 222 Å². The lowest BCUT2D eigenvalue weighted by atomic mass is 9.66. The molecule has 0 aliphatic heterocycles. The summed E-state index contributed by atoms with van der Waals surface area (Å²) in [5.41, 5.74) is 13.0. The number of nitrogens with zero attached hydrogens (tertiary/aromatic N) is 1. The van der Waals surface area contributed by atoms with Crippen molar-refractivity contribution in [2.24, 2.45) is 0 Å². The van der Waals surface area contributed by atoms with Gasteiger partial charge in [-0.15, -0.1) is 0 Å². The quantitative estimate of drug-likeness (QED) is 0.181. The monoisotopic (exact) mass is 611 g/mol. The number of anilines is 3. The van der Waals surface area contributed by atoms with Crippen LogP contribution in [0.4, 0.5) is 17.1 Å². The van der Waals surface area contributed by atoms with Crippen molar-refractivity contribution in [3.8, 4) is 22.3 Å². The summed E-state index contributed by atoms with van der Waals surface area (Å²) in [6.07, 6.45) is 0. The summed E-state index contributed by atoms with van der Waals surface area (Å²) in [6.45, 7) is 0. The summed E-state index contributed by atoms with van der Waals surface area (Å²) < 4.78 is 0. The molecule has 0 spiro atoms. The van der Waals surface area contributed by atoms with Crippen molar-refractivity contribution in [2.75, 3.05) is 4.90 Å². The number of rotatable bonds is 6. The highest BCUT2D eigenvalue weighted by Crippen LogP contribution is 2.62. The predicted octanol–water partition coefficient (Wildman–Crippen LogP) is 12.3. The Morgan fingerprint density at radius 3 is 1.48 bits per heavy atom. The maximum Gasteiger partial charge on any atom is 0.0720 e. The SMILES string of the molecule is c1ccc(-c2ccc3c(c2)-c2c(N(c4ccccc4)c4ccccc4)cc4ccccc4c2C3(c2ccccc2)c2ccccc2)cc1. The van der Waals surface area contributed by atoms with Crippen molar-refractivity contribution >= 4 is 27.8 Å². The van der Waals surface area contributed by atoms with E-state index in [1.807, 2.05) is 0 Å². The lowest BCUT2D eigenvalue weighted by Gasteiger charge is -2.35. The molecule has 0 N–H and O–H groups in total. The Hall–Kier alpha value is -6.18. The van der Waals surface area contributed by atoms with Crippen LogP contribution in [0.3, 0.4) is 0 Å². The molecule has 1 aliphatic rings. The van der Waals surface area contributed by atoms with Crippen LogP contribution in [0.15, 0.2) is 200 Å². The Morgan fingerprint density at radius 2 is 0.896 bits per heavy atom. The molecule has 8 aromatic carbocycles. The van der Waals surface area contributed by atoms with E-state index in [1.165, 1.54) is 61.0 Å². The van der Waals surface area contributed by atoms with Gasteiger partial charge in [0.05, 0.1) is 11.1 Å². The van der Waals surface area contributed by atoms with E-state index in [-0.39, 0.29) is 0 Å². The Bertz CT molecular complexity index is 2290. The molecule has 0 bridgehead atoms. The van der Waals surface area contributed by atoms with Crippen molar-refractivity contribution in [2.45, 2.75) is 5.41 Å². The molecule has 0 aromatic heterocycles. The van der Waals surface area contributed by atoms with E-state index in [9.17, 15) is 0 Å². The molecule has 1 heteroatoms. The molecule has 0 radical (unpaired) electrons. The molecular formula is C47H33N. The minimum Gasteiger partial charge on any atom is -0.310 e. The van der Waals surface area contributed by atoms with Crippen LogP contribution in [0.25, 0.3) is 33.0 Å². The first-order chi connectivity index (χ1) is 23.8. The lowest BCUT2D eigenvalue weighted by Crippen LogP contribution is -2.29. The molecule has 0 saturated carbocycles. The van der Waals surface area contributed by atoms with Crippen LogP contribution < -0.4 is 4.90 Å². The van der Waals surface area contributed by atoms with Crippen LogP contribution in [0.1, 0.15) is 22.3 Å². The number of fused-ring (bicyclic) bond motifs is 5. The minimum absolute atomic E-state index is 0.545. The average molecular weight is 612 g/mol. The normalized spacial score (nSPS) is 12.8. The summed E-state index contributed by atoms with van der Waals surface area (Å²) >= 11 is 0. The molecule has 9 rings (SSSR count). The predicted molar refractivity (Wildman–Crippen MR) is 201 cm³/mol. The summed E-state index contributed by atoms with van der Waals surface area (Å²) in [4.78, 5) is 2.44. The fraction of sp³-hybridized carbons (Fsp3) is 0.0213. The lowest BCUT2D eigenvalue weighted by molar-refractivity contribution is 0.775. The van der Waals surface area contributed by atoms with Gasteiger partial charge in [-0.1, -0.05) is 164 Å². The minimum atomic E-state index is -0.545. The van der Waals surface area contributed by atoms with Gasteiger partial charge in [0, 0.05) is 16.9 Å². The Balaban J connectivity index is 1.50. The van der Waals surface area contributed by atoms with Gasteiger partial charge in [0.1, 0.15) is 0 Å². The highest BCUT2D eigenvalue weighted by molar-refractivity contribution is 6.08. The maximum atomic E-state index is 2.44. The molecule has 0 saturated heterocycles. The van der Waals surface area contributed by atoms with Gasteiger partial charge in [-0.3, -0.25) is 0 Å². The molecule has 226 valence electrons. The third kappa shape index (κ3) is 4.32. The second kappa shape index (κ2) is 11.6. The molecule has 48 heavy (non-hydrogen) atoms. The molecule has 0 heterocycles. The van der Waals surface area contributed by atoms with Gasteiger partial charge in [-0.2, -0.15) is 0 Å². The first kappa shape index (κ1) is 28.1. The van der Waals surface area contributed by atoms with E-state index in [0.29, 0.717) is 0 Å². The number of para-hydroxylation sites is 2. The Labute approximate surface area is 282 Å². The maximum absolute atomic E-state index is 2.44. The first-order valence-electron chi connectivity index (χ1n) is 16.6. The van der Waals surface area contributed by atoms with Crippen molar-refractivity contribution in [1.29, 1.82) is 0 Å². The van der Waals surface area contributed by atoms with E-state index in [0.717, 1.165) is 11.4 Å². The molecule has 1 nitrogen and oxygen atoms in total. The molecule has 0 atom stereocenters. The Morgan fingerprint density at radius 1 is 0.396 bits per heavy atom. The fourth-order valence-corrected chi connectivity index (χ4v) is 7.92. The fourth-order valence-electron chi connectivity index (χ4n) is 7.92. The van der Waals surface area contributed by atoms with Gasteiger partial charge in [-0.05, 0) is 86.1 Å². The summed E-state index contributed by atoms with van der Waals surface area (Å²) in [5.74, 6) is 0. The van der Waals surface area contributed by atoms with Crippen molar-refractivity contribution < 1.29 is 0 Å². The molecule has 8 aromatic rings. The molecular weight excluding hydrogens is 579 g/mol. The average Bonchev–Trinajstić information content (AvgIpc) is 3.49. The van der Waals surface area contributed by atoms with Crippen LogP contribution in [-0.2, 0) is 5.41 Å². The summed E-state index contributed by atoms with van der Waals surface area (Å²) in [7, 11) is 0. The molecule has 0 amide bonds. The van der Waals surface area contributed by atoms with Gasteiger partial charge in [0.2, 0.25) is 0 Å². The third-order valence-corrected chi connectivity index (χ3v) is 9.89. The van der Waals surface area contributed by atoms with Gasteiger partial charge < -0.3 is 4.90 Å². The van der Waals surface area contributed by atoms with E-state index in [4.69, 9.17) is 0 Å². The smallest absolute Gasteiger partial charge is 0.0720 e. The van der Waals surface area contributed by atoms with Crippen LogP contribution in [-0.4, -0.2) is 0 Å². The van der Waals surface area contributed by atoms with Gasteiger partial charge in [0.15, 0.2) is 0 Å². The van der Waals surface area contributed by atoms with E-state index in [2.05, 4.69) is 205 Å². The van der Waals surface area contributed by atoms with Crippen LogP contribution in [0, 0.1) is 0 Å². The zero-order valence-electron chi connectivity index (χ0n) is 26.5. The zero-order chi connectivity index (χ0) is 31.9. The van der Waals surface area contributed by atoms with E-state index < -0.39 is 5.41 Å². The molecule has 0 fully saturated rings. The topological polar surface area (TPSA) is 3.24 Å². The van der Waals surface area contributed by atoms with Gasteiger partial charge in [-0.25, -0.2) is 0 Å². The summed E-state index contributed by atoms with van der Waals surface area (Å²) in [5, 5.41) is 2.48. The van der Waals surface area contributed by atoms with Crippen LogP contribution >= 0.6 is 0 Å². The van der Waals surface area contributed by atoms with E-state index in [1.54, 1.807) is 0 Å². The van der Waals surface area contributed by atoms with Gasteiger partial charge >= 0.3 is 0 Å². The largest absolute Gasteiger partial charge is 0.310 e. The second-order valence-electron chi connectivity index (χ2n) is 12.5. The van der Waals surface area contributed by atoms with Crippen molar-refractivity contribution in [3.63, 3.8) is 0 Å². The Kier molecular flexibility index (Phi) is 6.76. The van der Waals surface area contributed by atoms with Crippen LogP contribution in [0.5, 0.6) is 0 Å². The number of benzene rings is 8. The molecule has 0 unspecified atom stereocenters. The first-order valence-corrected chi connectivity index (χ1v) is 16.6. The standard InChI is InChI=1S/C47H33N/c1-6-18-34(19-7-1)35-30-31-43-42(32-35)45-44(48(39-25-12-4-13-26-39)40-27-14-5-15-28-40)33-36-20-16-17-29-41(36)46(45)47(43,37-21-8-2-9-22-37)38-23-10-3-11-24-38/h1-33H.